The van der Waals surface area contributed by atoms with Crippen LogP contribution in [0.15, 0.2) is 23.1 Å². The summed E-state index contributed by atoms with van der Waals surface area (Å²) >= 11 is 7.27. The Labute approximate surface area is 128 Å². The van der Waals surface area contributed by atoms with E-state index in [2.05, 4.69) is 11.4 Å². The quantitative estimate of drug-likeness (QED) is 0.647. The van der Waals surface area contributed by atoms with Gasteiger partial charge in [-0.15, -0.1) is 11.8 Å². The van der Waals surface area contributed by atoms with Gasteiger partial charge < -0.3 is 11.1 Å². The third-order valence-electron chi connectivity index (χ3n) is 3.13. The van der Waals surface area contributed by atoms with Gasteiger partial charge in [-0.05, 0) is 31.0 Å². The first kappa shape index (κ1) is 16.7. The van der Waals surface area contributed by atoms with Crippen LogP contribution in [0.4, 0.5) is 5.69 Å². The van der Waals surface area contributed by atoms with E-state index in [4.69, 9.17) is 22.6 Å². The minimum atomic E-state index is -0.851. The Bertz CT molecular complexity index is 542. The molecule has 1 amide bonds. The summed E-state index contributed by atoms with van der Waals surface area (Å²) in [6.45, 7) is 5.52. The van der Waals surface area contributed by atoms with Crippen LogP contribution in [0, 0.1) is 17.2 Å². The third kappa shape index (κ3) is 4.32. The van der Waals surface area contributed by atoms with E-state index in [-0.39, 0.29) is 17.6 Å². The Morgan fingerprint density at radius 2 is 2.25 bits per heavy atom. The molecule has 0 fully saturated rings. The topological polar surface area (TPSA) is 78.9 Å². The largest absolute Gasteiger partial charge is 0.398 e. The van der Waals surface area contributed by atoms with Crippen LogP contribution in [0.25, 0.3) is 0 Å². The summed E-state index contributed by atoms with van der Waals surface area (Å²) in [5.74, 6) is 0.0812. The number of rotatable bonds is 5. The molecule has 0 aromatic heterocycles. The highest BCUT2D eigenvalue weighted by Crippen LogP contribution is 2.26. The van der Waals surface area contributed by atoms with Crippen LogP contribution < -0.4 is 11.1 Å². The zero-order valence-electron chi connectivity index (χ0n) is 11.7. The van der Waals surface area contributed by atoms with Crippen molar-refractivity contribution in [2.45, 2.75) is 31.2 Å². The predicted molar refractivity (Wildman–Crippen MR) is 83.6 cm³/mol. The van der Waals surface area contributed by atoms with Crippen molar-refractivity contribution >= 4 is 35.0 Å². The molecule has 20 heavy (non-hydrogen) atoms. The second-order valence-electron chi connectivity index (χ2n) is 4.99. The number of amides is 1. The van der Waals surface area contributed by atoms with Crippen molar-refractivity contribution in [2.75, 3.05) is 11.5 Å². The first-order valence-corrected chi connectivity index (χ1v) is 7.55. The molecule has 0 heterocycles. The Hall–Kier alpha value is -1.38. The number of nitrogens with one attached hydrogen (secondary N) is 1. The number of carbonyl (C=O) groups is 1. The number of hydrogen-bond donors (Lipinski definition) is 2. The lowest BCUT2D eigenvalue weighted by Crippen LogP contribution is -2.49. The van der Waals surface area contributed by atoms with Crippen molar-refractivity contribution in [3.8, 4) is 6.07 Å². The van der Waals surface area contributed by atoms with Gasteiger partial charge in [0.25, 0.3) is 0 Å². The molecule has 0 aliphatic carbocycles. The molecule has 3 N–H and O–H groups in total. The monoisotopic (exact) mass is 311 g/mol. The highest BCUT2D eigenvalue weighted by molar-refractivity contribution is 8.00. The molecule has 6 heteroatoms. The molecule has 0 bridgehead atoms. The second-order valence-corrected chi connectivity index (χ2v) is 6.44. The Morgan fingerprint density at radius 3 is 2.75 bits per heavy atom. The zero-order valence-corrected chi connectivity index (χ0v) is 13.3. The summed E-state index contributed by atoms with van der Waals surface area (Å²) in [5, 5.41) is 12.4. The summed E-state index contributed by atoms with van der Waals surface area (Å²) in [6.07, 6.45) is 0. The van der Waals surface area contributed by atoms with E-state index < -0.39 is 5.54 Å². The van der Waals surface area contributed by atoms with Gasteiger partial charge in [0.15, 0.2) is 0 Å². The van der Waals surface area contributed by atoms with Crippen LogP contribution >= 0.6 is 23.4 Å². The highest BCUT2D eigenvalue weighted by atomic mass is 35.5. The number of thioether (sulfide) groups is 1. The van der Waals surface area contributed by atoms with E-state index in [0.29, 0.717) is 10.7 Å². The van der Waals surface area contributed by atoms with E-state index in [1.165, 1.54) is 11.8 Å². The molecule has 1 aromatic rings. The van der Waals surface area contributed by atoms with Gasteiger partial charge in [0.2, 0.25) is 5.91 Å². The predicted octanol–water partition coefficient (Wildman–Crippen LogP) is 3.07. The van der Waals surface area contributed by atoms with Gasteiger partial charge in [0, 0.05) is 4.90 Å². The van der Waals surface area contributed by atoms with Crippen molar-refractivity contribution in [1.29, 1.82) is 5.26 Å². The van der Waals surface area contributed by atoms with Crippen molar-refractivity contribution in [3.05, 3.63) is 23.2 Å². The van der Waals surface area contributed by atoms with Gasteiger partial charge in [-0.3, -0.25) is 4.79 Å². The molecule has 0 radical (unpaired) electrons. The van der Waals surface area contributed by atoms with E-state index in [1.54, 1.807) is 19.1 Å². The minimum absolute atomic E-state index is 0.0346. The van der Waals surface area contributed by atoms with Crippen LogP contribution in [0.3, 0.4) is 0 Å². The first-order chi connectivity index (χ1) is 9.28. The lowest BCUT2D eigenvalue weighted by atomic mass is 9.90. The van der Waals surface area contributed by atoms with E-state index in [0.717, 1.165) is 4.90 Å². The number of nitrogens with two attached hydrogens (primary N) is 1. The van der Waals surface area contributed by atoms with Crippen molar-refractivity contribution in [2.24, 2.45) is 5.92 Å². The van der Waals surface area contributed by atoms with Crippen molar-refractivity contribution in [3.63, 3.8) is 0 Å². The molecule has 0 spiro atoms. The average Bonchev–Trinajstić information content (AvgIpc) is 2.39. The Morgan fingerprint density at radius 1 is 1.60 bits per heavy atom. The maximum atomic E-state index is 11.9. The van der Waals surface area contributed by atoms with Gasteiger partial charge in [-0.25, -0.2) is 0 Å². The van der Waals surface area contributed by atoms with Crippen LogP contribution in [0.5, 0.6) is 0 Å². The summed E-state index contributed by atoms with van der Waals surface area (Å²) < 4.78 is 0. The molecule has 1 atom stereocenters. The van der Waals surface area contributed by atoms with E-state index in [9.17, 15) is 4.79 Å². The lowest BCUT2D eigenvalue weighted by Gasteiger charge is -2.27. The molecule has 4 nitrogen and oxygen atoms in total. The number of nitriles is 1. The fourth-order valence-corrected chi connectivity index (χ4v) is 2.35. The molecule has 0 aliphatic heterocycles. The van der Waals surface area contributed by atoms with Crippen LogP contribution in [0.2, 0.25) is 5.02 Å². The van der Waals surface area contributed by atoms with Gasteiger partial charge in [0.05, 0.1) is 22.5 Å². The van der Waals surface area contributed by atoms with Crippen molar-refractivity contribution < 1.29 is 4.79 Å². The number of nitrogen functional groups attached to an aromatic ring is 1. The van der Waals surface area contributed by atoms with Crippen LogP contribution in [0.1, 0.15) is 20.8 Å². The summed E-state index contributed by atoms with van der Waals surface area (Å²) in [7, 11) is 0. The number of hydrogen-bond acceptors (Lipinski definition) is 4. The van der Waals surface area contributed by atoms with Crippen LogP contribution in [-0.4, -0.2) is 17.2 Å². The van der Waals surface area contributed by atoms with Gasteiger partial charge in [-0.2, -0.15) is 5.26 Å². The van der Waals surface area contributed by atoms with E-state index in [1.807, 2.05) is 19.9 Å². The summed E-state index contributed by atoms with van der Waals surface area (Å²) in [5.41, 5.74) is 5.28. The molecule has 108 valence electrons. The molecular formula is C14H18ClN3OS. The fourth-order valence-electron chi connectivity index (χ4n) is 1.37. The maximum absolute atomic E-state index is 11.9. The lowest BCUT2D eigenvalue weighted by molar-refractivity contribution is -0.120. The molecule has 0 saturated carbocycles. The van der Waals surface area contributed by atoms with Gasteiger partial charge >= 0.3 is 0 Å². The van der Waals surface area contributed by atoms with Crippen molar-refractivity contribution in [1.82, 2.24) is 5.32 Å². The number of nitrogens with zero attached hydrogens (tertiary/aromatic N) is 1. The SMILES string of the molecule is CC(C)C(C)(C#N)NC(=O)CSc1ccc(N)c(Cl)c1. The summed E-state index contributed by atoms with van der Waals surface area (Å²) in [6, 6.07) is 7.38. The number of carbonyl (C=O) groups excluding carboxylic acids is 1. The minimum Gasteiger partial charge on any atom is -0.398 e. The zero-order chi connectivity index (χ0) is 15.3. The third-order valence-corrected chi connectivity index (χ3v) is 4.45. The number of anilines is 1. The molecule has 0 saturated heterocycles. The molecule has 0 aliphatic rings. The van der Waals surface area contributed by atoms with E-state index >= 15 is 0 Å². The van der Waals surface area contributed by atoms with Crippen LogP contribution in [-0.2, 0) is 4.79 Å². The Kier molecular flexibility index (Phi) is 5.73. The molecule has 1 rings (SSSR count). The first-order valence-electron chi connectivity index (χ1n) is 6.18. The number of halogens is 1. The smallest absolute Gasteiger partial charge is 0.231 e. The normalized spacial score (nSPS) is 13.6. The average molecular weight is 312 g/mol. The van der Waals surface area contributed by atoms with Gasteiger partial charge in [-0.1, -0.05) is 25.4 Å². The molecule has 1 unspecified atom stereocenters. The maximum Gasteiger partial charge on any atom is 0.231 e. The molecular weight excluding hydrogens is 294 g/mol. The summed E-state index contributed by atoms with van der Waals surface area (Å²) in [4.78, 5) is 12.8. The fraction of sp³-hybridized carbons (Fsp3) is 0.429. The highest BCUT2D eigenvalue weighted by Gasteiger charge is 2.29. The number of benzene rings is 1. The Balaban J connectivity index is 2.60. The van der Waals surface area contributed by atoms with Gasteiger partial charge in [0.1, 0.15) is 5.54 Å². The second kappa shape index (κ2) is 6.87. The standard InChI is InChI=1S/C14H18ClN3OS/c1-9(2)14(3,8-16)18-13(19)7-20-10-4-5-12(17)11(15)6-10/h4-6,9H,7,17H2,1-3H3,(H,18,19). The molecule has 1 aromatic carbocycles.